The molecule has 4 nitrogen and oxygen atoms in total. The Hall–Kier alpha value is -1.26. The lowest BCUT2D eigenvalue weighted by Crippen LogP contribution is -2.01. The van der Waals surface area contributed by atoms with Crippen LogP contribution >= 0.6 is 23.2 Å². The zero-order valence-electron chi connectivity index (χ0n) is 8.59. The predicted molar refractivity (Wildman–Crippen MR) is 64.9 cm³/mol. The second-order valence-electron chi connectivity index (χ2n) is 3.31. The monoisotopic (exact) mass is 256 g/mol. The fraction of sp³-hybridized carbons (Fsp3) is 0.200. The number of nitrogens with zero attached hydrogens (tertiary/aromatic N) is 2. The molecule has 0 atom stereocenters. The van der Waals surface area contributed by atoms with Gasteiger partial charge in [0.15, 0.2) is 0 Å². The Bertz CT molecular complexity index is 495. The van der Waals surface area contributed by atoms with Crippen LogP contribution in [0.5, 0.6) is 0 Å². The van der Waals surface area contributed by atoms with Crippen molar-refractivity contribution in [1.29, 1.82) is 0 Å². The molecular formula is C10H10Cl2N4. The molecule has 0 saturated heterocycles. The molecule has 1 aromatic heterocycles. The molecule has 84 valence electrons. The predicted octanol–water partition coefficient (Wildman–Crippen LogP) is 3.03. The highest BCUT2D eigenvalue weighted by Gasteiger charge is 2.05. The highest BCUT2D eigenvalue weighted by Crippen LogP contribution is 2.25. The van der Waals surface area contributed by atoms with Gasteiger partial charge in [-0.2, -0.15) is 4.98 Å². The van der Waals surface area contributed by atoms with Crippen LogP contribution in [0.2, 0.25) is 10.0 Å². The Kier molecular flexibility index (Phi) is 3.31. The van der Waals surface area contributed by atoms with E-state index < -0.39 is 0 Å². The van der Waals surface area contributed by atoms with Crippen LogP contribution in [-0.2, 0) is 6.54 Å². The Morgan fingerprint density at radius 2 is 2.19 bits per heavy atom. The normalized spacial score (nSPS) is 10.4. The topological polar surface area (TPSA) is 53.6 Å². The summed E-state index contributed by atoms with van der Waals surface area (Å²) in [6.45, 7) is 2.38. The van der Waals surface area contributed by atoms with Gasteiger partial charge in [-0.05, 0) is 18.6 Å². The SMILES string of the molecule is Cc1nc(NCc2cccc(Cl)c2Cl)n[nH]1. The third kappa shape index (κ3) is 2.46. The summed E-state index contributed by atoms with van der Waals surface area (Å²) in [4.78, 5) is 4.12. The standard InChI is InChI=1S/C10H10Cl2N4/c1-6-14-10(16-15-6)13-5-7-3-2-4-8(11)9(7)12/h2-4H,5H2,1H3,(H2,13,14,15,16). The summed E-state index contributed by atoms with van der Waals surface area (Å²) in [5.41, 5.74) is 0.914. The number of aryl methyl sites for hydroxylation is 1. The molecule has 0 aliphatic carbocycles. The Balaban J connectivity index is 2.07. The van der Waals surface area contributed by atoms with Gasteiger partial charge in [0.2, 0.25) is 5.95 Å². The molecule has 1 heterocycles. The maximum atomic E-state index is 6.04. The summed E-state index contributed by atoms with van der Waals surface area (Å²) < 4.78 is 0. The fourth-order valence-corrected chi connectivity index (χ4v) is 1.67. The van der Waals surface area contributed by atoms with Gasteiger partial charge in [0, 0.05) is 6.54 Å². The summed E-state index contributed by atoms with van der Waals surface area (Å²) in [5, 5.41) is 10.9. The lowest BCUT2D eigenvalue weighted by molar-refractivity contribution is 1.02. The van der Waals surface area contributed by atoms with Crippen LogP contribution in [0.15, 0.2) is 18.2 Å². The van der Waals surface area contributed by atoms with Gasteiger partial charge in [0.25, 0.3) is 0 Å². The number of nitrogens with one attached hydrogen (secondary N) is 2. The maximum Gasteiger partial charge on any atom is 0.242 e. The van der Waals surface area contributed by atoms with Crippen LogP contribution in [0, 0.1) is 6.92 Å². The van der Waals surface area contributed by atoms with Crippen molar-refractivity contribution in [3.8, 4) is 0 Å². The minimum absolute atomic E-state index is 0.538. The zero-order chi connectivity index (χ0) is 11.5. The number of hydrogen-bond donors (Lipinski definition) is 2. The highest BCUT2D eigenvalue weighted by atomic mass is 35.5. The second-order valence-corrected chi connectivity index (χ2v) is 4.10. The first kappa shape index (κ1) is 11.2. The van der Waals surface area contributed by atoms with E-state index in [0.29, 0.717) is 22.5 Å². The van der Waals surface area contributed by atoms with Gasteiger partial charge in [-0.3, -0.25) is 5.10 Å². The summed E-state index contributed by atoms with van der Waals surface area (Å²) in [7, 11) is 0. The van der Waals surface area contributed by atoms with E-state index in [2.05, 4.69) is 20.5 Å². The molecule has 2 aromatic rings. The highest BCUT2D eigenvalue weighted by molar-refractivity contribution is 6.42. The van der Waals surface area contributed by atoms with Gasteiger partial charge in [0.05, 0.1) is 10.0 Å². The smallest absolute Gasteiger partial charge is 0.242 e. The van der Waals surface area contributed by atoms with Crippen LogP contribution in [0.25, 0.3) is 0 Å². The van der Waals surface area contributed by atoms with E-state index in [1.165, 1.54) is 0 Å². The van der Waals surface area contributed by atoms with Crippen LogP contribution in [0.3, 0.4) is 0 Å². The zero-order valence-corrected chi connectivity index (χ0v) is 10.1. The van der Waals surface area contributed by atoms with E-state index in [1.54, 1.807) is 6.07 Å². The first-order valence-corrected chi connectivity index (χ1v) is 5.48. The number of aromatic amines is 1. The number of hydrogen-bond acceptors (Lipinski definition) is 3. The van der Waals surface area contributed by atoms with Crippen LogP contribution < -0.4 is 5.32 Å². The molecule has 0 fully saturated rings. The summed E-state index contributed by atoms with van der Waals surface area (Å²) in [5.74, 6) is 1.31. The van der Waals surface area contributed by atoms with Gasteiger partial charge < -0.3 is 5.32 Å². The van der Waals surface area contributed by atoms with Gasteiger partial charge in [0.1, 0.15) is 5.82 Å². The third-order valence-corrected chi connectivity index (χ3v) is 2.92. The molecule has 0 unspecified atom stereocenters. The van der Waals surface area contributed by atoms with E-state index in [1.807, 2.05) is 19.1 Å². The number of aromatic nitrogens is 3. The van der Waals surface area contributed by atoms with Gasteiger partial charge >= 0.3 is 0 Å². The Morgan fingerprint density at radius 3 is 2.88 bits per heavy atom. The molecule has 16 heavy (non-hydrogen) atoms. The molecule has 0 radical (unpaired) electrons. The average Bonchev–Trinajstić information content (AvgIpc) is 2.67. The van der Waals surface area contributed by atoms with Gasteiger partial charge in [-0.15, -0.1) is 5.10 Å². The van der Waals surface area contributed by atoms with Crippen molar-refractivity contribution in [3.05, 3.63) is 39.6 Å². The van der Waals surface area contributed by atoms with Crippen molar-refractivity contribution in [2.45, 2.75) is 13.5 Å². The summed E-state index contributed by atoms with van der Waals surface area (Å²) in [6.07, 6.45) is 0. The minimum atomic E-state index is 0.538. The van der Waals surface area contributed by atoms with Crippen molar-refractivity contribution in [1.82, 2.24) is 15.2 Å². The second kappa shape index (κ2) is 4.72. The Labute approximate surface area is 103 Å². The lowest BCUT2D eigenvalue weighted by Gasteiger charge is -2.05. The van der Waals surface area contributed by atoms with Crippen LogP contribution in [0.4, 0.5) is 5.95 Å². The van der Waals surface area contributed by atoms with Gasteiger partial charge in [-0.1, -0.05) is 35.3 Å². The van der Waals surface area contributed by atoms with E-state index >= 15 is 0 Å². The van der Waals surface area contributed by atoms with Crippen molar-refractivity contribution in [3.63, 3.8) is 0 Å². The van der Waals surface area contributed by atoms with Crippen molar-refractivity contribution in [2.24, 2.45) is 0 Å². The number of benzene rings is 1. The first-order chi connectivity index (χ1) is 7.66. The van der Waals surface area contributed by atoms with E-state index in [4.69, 9.17) is 23.2 Å². The maximum absolute atomic E-state index is 6.04. The van der Waals surface area contributed by atoms with Crippen molar-refractivity contribution in [2.75, 3.05) is 5.32 Å². The average molecular weight is 257 g/mol. The molecule has 2 N–H and O–H groups in total. The summed E-state index contributed by atoms with van der Waals surface area (Å²) in [6, 6.07) is 5.51. The number of H-pyrrole nitrogens is 1. The first-order valence-electron chi connectivity index (χ1n) is 4.72. The van der Waals surface area contributed by atoms with Crippen molar-refractivity contribution >= 4 is 29.2 Å². The largest absolute Gasteiger partial charge is 0.349 e. The van der Waals surface area contributed by atoms with E-state index in [-0.39, 0.29) is 0 Å². The number of rotatable bonds is 3. The molecule has 0 aliphatic rings. The molecule has 0 aliphatic heterocycles. The molecule has 0 bridgehead atoms. The summed E-state index contributed by atoms with van der Waals surface area (Å²) >= 11 is 11.9. The third-order valence-electron chi connectivity index (χ3n) is 2.07. The molecule has 2 rings (SSSR count). The number of anilines is 1. The fourth-order valence-electron chi connectivity index (χ4n) is 1.28. The van der Waals surface area contributed by atoms with Crippen LogP contribution in [0.1, 0.15) is 11.4 Å². The molecule has 1 aromatic carbocycles. The molecule has 0 spiro atoms. The van der Waals surface area contributed by atoms with Crippen LogP contribution in [-0.4, -0.2) is 15.2 Å². The van der Waals surface area contributed by atoms with Crippen molar-refractivity contribution < 1.29 is 0 Å². The van der Waals surface area contributed by atoms with E-state index in [9.17, 15) is 0 Å². The molecule has 0 saturated carbocycles. The number of halogens is 2. The minimum Gasteiger partial charge on any atom is -0.349 e. The Morgan fingerprint density at radius 1 is 1.38 bits per heavy atom. The van der Waals surface area contributed by atoms with E-state index in [0.717, 1.165) is 11.4 Å². The quantitative estimate of drug-likeness (QED) is 0.888. The molecular weight excluding hydrogens is 247 g/mol. The molecule has 6 heteroatoms. The lowest BCUT2D eigenvalue weighted by atomic mass is 10.2. The molecule has 0 amide bonds. The van der Waals surface area contributed by atoms with Gasteiger partial charge in [-0.25, -0.2) is 0 Å².